The van der Waals surface area contributed by atoms with Gasteiger partial charge in [0.15, 0.2) is 0 Å². The molecule has 0 heterocycles. The number of benzene rings is 2. The minimum absolute atomic E-state index is 0.0427. The Hall–Kier alpha value is -1.89. The van der Waals surface area contributed by atoms with Crippen LogP contribution >= 0.6 is 0 Å². The molecule has 31 heavy (non-hydrogen) atoms. The van der Waals surface area contributed by atoms with Crippen LogP contribution in [0, 0.1) is 13.8 Å². The quantitative estimate of drug-likeness (QED) is 0.495. The van der Waals surface area contributed by atoms with E-state index in [0.717, 1.165) is 49.9 Å². The van der Waals surface area contributed by atoms with Crippen LogP contribution in [0.3, 0.4) is 0 Å². The van der Waals surface area contributed by atoms with Crippen molar-refractivity contribution in [2.75, 3.05) is 30.5 Å². The van der Waals surface area contributed by atoms with Crippen LogP contribution in [0.25, 0.3) is 0 Å². The maximum atomic E-state index is 13.5. The topological polar surface area (TPSA) is 62.1 Å². The molecule has 0 bridgehead atoms. The van der Waals surface area contributed by atoms with Crippen molar-refractivity contribution in [3.63, 3.8) is 0 Å². The van der Waals surface area contributed by atoms with Crippen molar-refractivity contribution in [3.8, 4) is 0 Å². The Bertz CT molecular complexity index is 872. The van der Waals surface area contributed by atoms with Gasteiger partial charge in [-0.05, 0) is 51.0 Å². The lowest BCUT2D eigenvalue weighted by Crippen LogP contribution is -3.13. The lowest BCUT2D eigenvalue weighted by molar-refractivity contribution is -0.903. The van der Waals surface area contributed by atoms with Crippen molar-refractivity contribution >= 4 is 15.7 Å². The predicted molar refractivity (Wildman–Crippen MR) is 128 cm³/mol. The Balaban J connectivity index is 2.28. The van der Waals surface area contributed by atoms with Crippen molar-refractivity contribution in [1.29, 1.82) is 0 Å². The van der Waals surface area contributed by atoms with Gasteiger partial charge in [0.25, 0.3) is 10.0 Å². The molecule has 0 fully saturated rings. The van der Waals surface area contributed by atoms with E-state index in [9.17, 15) is 13.5 Å². The van der Waals surface area contributed by atoms with Gasteiger partial charge in [-0.3, -0.25) is 4.31 Å². The second kappa shape index (κ2) is 12.2. The molecule has 0 saturated heterocycles. The number of hydrogen-bond acceptors (Lipinski definition) is 3. The fourth-order valence-electron chi connectivity index (χ4n) is 3.66. The van der Waals surface area contributed by atoms with Crippen molar-refractivity contribution in [3.05, 3.63) is 59.7 Å². The first kappa shape index (κ1) is 25.4. The van der Waals surface area contributed by atoms with Gasteiger partial charge in [0.2, 0.25) is 0 Å². The number of aryl methyl sites for hydroxylation is 2. The van der Waals surface area contributed by atoms with E-state index < -0.39 is 16.1 Å². The van der Waals surface area contributed by atoms with Gasteiger partial charge in [0, 0.05) is 0 Å². The van der Waals surface area contributed by atoms with Crippen LogP contribution in [0.2, 0.25) is 0 Å². The van der Waals surface area contributed by atoms with Crippen LogP contribution in [0.5, 0.6) is 0 Å². The summed E-state index contributed by atoms with van der Waals surface area (Å²) in [5.41, 5.74) is 2.65. The zero-order valence-corrected chi connectivity index (χ0v) is 20.3. The summed E-state index contributed by atoms with van der Waals surface area (Å²) in [6, 6.07) is 14.3. The first-order valence-electron chi connectivity index (χ1n) is 11.5. The Labute approximate surface area is 188 Å². The maximum Gasteiger partial charge on any atom is 0.264 e. The van der Waals surface area contributed by atoms with Crippen LogP contribution < -0.4 is 9.21 Å². The van der Waals surface area contributed by atoms with Gasteiger partial charge in [-0.15, -0.1) is 0 Å². The summed E-state index contributed by atoms with van der Waals surface area (Å²) < 4.78 is 28.4. The summed E-state index contributed by atoms with van der Waals surface area (Å²) in [6.07, 6.45) is 3.70. The summed E-state index contributed by atoms with van der Waals surface area (Å²) in [5.74, 6) is 0. The van der Waals surface area contributed by atoms with E-state index in [4.69, 9.17) is 0 Å². The SMILES string of the molecule is CCCC[NH+](CCCC)CC(O)CN(c1ccc(C)cc1)S(=O)(=O)c1ccc(C)cc1. The van der Waals surface area contributed by atoms with Crippen molar-refractivity contribution in [1.82, 2.24) is 0 Å². The molecule has 0 aromatic heterocycles. The molecule has 1 unspecified atom stereocenters. The third-order valence-corrected chi connectivity index (χ3v) is 7.41. The number of nitrogens with zero attached hydrogens (tertiary/aromatic N) is 1. The molecule has 2 aromatic carbocycles. The normalized spacial score (nSPS) is 12.8. The van der Waals surface area contributed by atoms with E-state index >= 15 is 0 Å². The Morgan fingerprint density at radius 1 is 0.871 bits per heavy atom. The average molecular weight is 448 g/mol. The number of unbranched alkanes of at least 4 members (excludes halogenated alkanes) is 2. The largest absolute Gasteiger partial charge is 0.385 e. The molecule has 2 rings (SSSR count). The summed E-state index contributed by atoms with van der Waals surface area (Å²) in [4.78, 5) is 1.58. The Morgan fingerprint density at radius 3 is 1.84 bits per heavy atom. The average Bonchev–Trinajstić information content (AvgIpc) is 2.75. The zero-order chi connectivity index (χ0) is 22.9. The Kier molecular flexibility index (Phi) is 10.0. The molecular weight excluding hydrogens is 408 g/mol. The lowest BCUT2D eigenvalue weighted by Gasteiger charge is -2.29. The molecule has 0 amide bonds. The third-order valence-electron chi connectivity index (χ3n) is 5.60. The van der Waals surface area contributed by atoms with Gasteiger partial charge in [-0.1, -0.05) is 62.1 Å². The molecule has 0 aliphatic rings. The highest BCUT2D eigenvalue weighted by atomic mass is 32.2. The minimum atomic E-state index is -3.78. The summed E-state index contributed by atoms with van der Waals surface area (Å²) >= 11 is 0. The van der Waals surface area contributed by atoms with Crippen molar-refractivity contribution in [2.24, 2.45) is 0 Å². The molecule has 6 heteroatoms. The van der Waals surface area contributed by atoms with Gasteiger partial charge in [-0.25, -0.2) is 8.42 Å². The van der Waals surface area contributed by atoms with E-state index in [1.165, 1.54) is 9.21 Å². The van der Waals surface area contributed by atoms with E-state index in [1.807, 2.05) is 38.1 Å². The summed E-state index contributed by atoms with van der Waals surface area (Å²) in [7, 11) is -3.78. The van der Waals surface area contributed by atoms with E-state index in [-0.39, 0.29) is 11.4 Å². The van der Waals surface area contributed by atoms with Crippen molar-refractivity contribution in [2.45, 2.75) is 64.4 Å². The summed E-state index contributed by atoms with van der Waals surface area (Å²) in [6.45, 7) is 10.8. The molecule has 0 aliphatic heterocycles. The number of quaternary nitrogens is 1. The molecule has 172 valence electrons. The second-order valence-corrected chi connectivity index (χ2v) is 10.4. The number of anilines is 1. The maximum absolute atomic E-state index is 13.5. The number of aliphatic hydroxyl groups is 1. The highest BCUT2D eigenvalue weighted by Gasteiger charge is 2.28. The first-order chi connectivity index (χ1) is 14.8. The second-order valence-electron chi connectivity index (χ2n) is 8.50. The fraction of sp³-hybridized carbons (Fsp3) is 0.520. The monoisotopic (exact) mass is 447 g/mol. The molecule has 2 N–H and O–H groups in total. The predicted octanol–water partition coefficient (Wildman–Crippen LogP) is 3.34. The number of nitrogens with one attached hydrogen (secondary N) is 1. The third kappa shape index (κ3) is 7.63. The van der Waals surface area contributed by atoms with Crippen LogP contribution in [0.1, 0.15) is 50.7 Å². The molecule has 2 aromatic rings. The van der Waals surface area contributed by atoms with Crippen LogP contribution in [0.4, 0.5) is 5.69 Å². The molecule has 0 spiro atoms. The van der Waals surface area contributed by atoms with E-state index in [2.05, 4.69) is 13.8 Å². The van der Waals surface area contributed by atoms with E-state index in [0.29, 0.717) is 12.2 Å². The first-order valence-corrected chi connectivity index (χ1v) is 12.9. The van der Waals surface area contributed by atoms with Gasteiger partial charge in [-0.2, -0.15) is 0 Å². The smallest absolute Gasteiger partial charge is 0.264 e. The fourth-order valence-corrected chi connectivity index (χ4v) is 5.16. The molecule has 0 saturated carbocycles. The molecule has 0 aliphatic carbocycles. The molecular formula is C25H39N2O3S+. The number of aliphatic hydroxyl groups excluding tert-OH is 1. The van der Waals surface area contributed by atoms with Crippen LogP contribution in [0.15, 0.2) is 53.4 Å². The van der Waals surface area contributed by atoms with Crippen LogP contribution in [-0.2, 0) is 10.0 Å². The number of rotatable bonds is 13. The van der Waals surface area contributed by atoms with Gasteiger partial charge in [0.05, 0.1) is 30.2 Å². The Morgan fingerprint density at radius 2 is 1.35 bits per heavy atom. The van der Waals surface area contributed by atoms with Gasteiger partial charge >= 0.3 is 0 Å². The molecule has 5 nitrogen and oxygen atoms in total. The van der Waals surface area contributed by atoms with Gasteiger partial charge in [0.1, 0.15) is 12.6 Å². The summed E-state index contributed by atoms with van der Waals surface area (Å²) in [5, 5.41) is 10.9. The highest BCUT2D eigenvalue weighted by molar-refractivity contribution is 7.92. The molecule has 0 radical (unpaired) electrons. The number of sulfonamides is 1. The number of hydrogen-bond donors (Lipinski definition) is 2. The standard InChI is InChI=1S/C25H38N2O3S/c1-5-7-17-26(18-8-6-2)19-24(28)20-27(23-13-9-21(3)10-14-23)31(29,30)25-15-11-22(4)12-16-25/h9-16,24,28H,5-8,17-20H2,1-4H3/p+1. The zero-order valence-electron chi connectivity index (χ0n) is 19.5. The lowest BCUT2D eigenvalue weighted by atomic mass is 10.2. The van der Waals surface area contributed by atoms with Crippen LogP contribution in [-0.4, -0.2) is 45.8 Å². The van der Waals surface area contributed by atoms with Gasteiger partial charge < -0.3 is 10.0 Å². The molecule has 1 atom stereocenters. The van der Waals surface area contributed by atoms with Crippen molar-refractivity contribution < 1.29 is 18.4 Å². The highest BCUT2D eigenvalue weighted by Crippen LogP contribution is 2.24. The van der Waals surface area contributed by atoms with E-state index in [1.54, 1.807) is 24.3 Å². The minimum Gasteiger partial charge on any atom is -0.385 e.